The van der Waals surface area contributed by atoms with Crippen molar-refractivity contribution >= 4 is 60.8 Å². The molecular weight excluding hydrogens is 617 g/mol. The van der Waals surface area contributed by atoms with E-state index < -0.39 is 32.5 Å². The van der Waals surface area contributed by atoms with E-state index >= 15 is 0 Å². The second-order valence-corrected chi connectivity index (χ2v) is 14.5. The van der Waals surface area contributed by atoms with Crippen LogP contribution in [0.25, 0.3) is 0 Å². The van der Waals surface area contributed by atoms with E-state index in [1.165, 1.54) is 40.7 Å². The molecule has 214 valence electrons. The average Bonchev–Trinajstić information content (AvgIpc) is 2.94. The zero-order chi connectivity index (χ0) is 28.9. The van der Waals surface area contributed by atoms with Crippen LogP contribution in [0.5, 0.6) is 0 Å². The highest BCUT2D eigenvalue weighted by molar-refractivity contribution is 7.89. The molecule has 1 amide bonds. The van der Waals surface area contributed by atoms with Crippen LogP contribution in [0.2, 0.25) is 15.1 Å². The van der Waals surface area contributed by atoms with E-state index in [9.17, 15) is 21.6 Å². The van der Waals surface area contributed by atoms with Crippen molar-refractivity contribution in [2.45, 2.75) is 42.1 Å². The van der Waals surface area contributed by atoms with Gasteiger partial charge in [-0.25, -0.2) is 16.8 Å². The van der Waals surface area contributed by atoms with Crippen molar-refractivity contribution in [1.29, 1.82) is 0 Å². The number of sulfonamides is 2. The van der Waals surface area contributed by atoms with Crippen molar-refractivity contribution in [2.75, 3.05) is 19.6 Å². The number of benzene rings is 3. The Morgan fingerprint density at radius 2 is 1.38 bits per heavy atom. The van der Waals surface area contributed by atoms with Crippen LogP contribution in [0.3, 0.4) is 0 Å². The van der Waals surface area contributed by atoms with E-state index in [0.717, 1.165) is 23.6 Å². The van der Waals surface area contributed by atoms with Gasteiger partial charge in [0.2, 0.25) is 26.0 Å². The molecule has 1 N–H and O–H groups in total. The van der Waals surface area contributed by atoms with Crippen LogP contribution in [-0.4, -0.2) is 51.0 Å². The van der Waals surface area contributed by atoms with Gasteiger partial charge in [0.25, 0.3) is 0 Å². The standard InChI is InChI=1S/C27H28Cl3N3O5S2/c28-22-7-11-24(12-8-22)40(37,38)33(18-21-6-13-25(29)26(30)16-21)19-27(34)31-17-20-4-9-23(10-5-20)39(35,36)32-14-2-1-3-15-32/h4-13,16H,1-3,14-15,17-19H2,(H,31,34). The van der Waals surface area contributed by atoms with Gasteiger partial charge in [0.15, 0.2) is 0 Å². The first-order valence-electron chi connectivity index (χ1n) is 12.5. The van der Waals surface area contributed by atoms with Gasteiger partial charge >= 0.3 is 0 Å². The number of piperidine rings is 1. The van der Waals surface area contributed by atoms with Crippen LogP contribution in [0.4, 0.5) is 0 Å². The van der Waals surface area contributed by atoms with E-state index in [1.54, 1.807) is 30.3 Å². The highest BCUT2D eigenvalue weighted by atomic mass is 35.5. The Morgan fingerprint density at radius 1 is 0.775 bits per heavy atom. The topological polar surface area (TPSA) is 104 Å². The summed E-state index contributed by atoms with van der Waals surface area (Å²) in [7, 11) is -7.64. The summed E-state index contributed by atoms with van der Waals surface area (Å²) in [6.45, 7) is 0.519. The van der Waals surface area contributed by atoms with Crippen LogP contribution in [0.15, 0.2) is 76.5 Å². The highest BCUT2D eigenvalue weighted by Crippen LogP contribution is 2.26. The first-order valence-corrected chi connectivity index (χ1v) is 16.5. The van der Waals surface area contributed by atoms with Gasteiger partial charge in [0.1, 0.15) is 0 Å². The lowest BCUT2D eigenvalue weighted by molar-refractivity contribution is -0.121. The molecule has 1 saturated heterocycles. The van der Waals surface area contributed by atoms with Gasteiger partial charge in [-0.1, -0.05) is 59.4 Å². The first kappa shape index (κ1) is 30.8. The monoisotopic (exact) mass is 643 g/mol. The summed E-state index contributed by atoms with van der Waals surface area (Å²) in [6.07, 6.45) is 2.72. The van der Waals surface area contributed by atoms with Crippen molar-refractivity contribution in [2.24, 2.45) is 0 Å². The predicted octanol–water partition coefficient (Wildman–Crippen LogP) is 5.33. The fourth-order valence-electron chi connectivity index (χ4n) is 4.27. The molecule has 0 spiro atoms. The van der Waals surface area contributed by atoms with Crippen molar-refractivity contribution < 1.29 is 21.6 Å². The smallest absolute Gasteiger partial charge is 0.243 e. The average molecular weight is 645 g/mol. The maximum atomic E-state index is 13.5. The summed E-state index contributed by atoms with van der Waals surface area (Å²) in [6, 6.07) is 16.7. The summed E-state index contributed by atoms with van der Waals surface area (Å²) in [5.74, 6) is -0.539. The van der Waals surface area contributed by atoms with Crippen LogP contribution in [0, 0.1) is 0 Å². The summed E-state index contributed by atoms with van der Waals surface area (Å²) < 4.78 is 55.2. The Morgan fingerprint density at radius 3 is 2.00 bits per heavy atom. The molecule has 3 aromatic carbocycles. The van der Waals surface area contributed by atoms with E-state index in [2.05, 4.69) is 5.32 Å². The molecule has 1 heterocycles. The summed E-state index contributed by atoms with van der Waals surface area (Å²) in [5, 5.41) is 3.68. The number of rotatable bonds is 10. The van der Waals surface area contributed by atoms with Gasteiger partial charge in [-0.05, 0) is 72.5 Å². The van der Waals surface area contributed by atoms with E-state index in [1.807, 2.05) is 0 Å². The molecule has 3 aromatic rings. The van der Waals surface area contributed by atoms with Crippen LogP contribution in [0.1, 0.15) is 30.4 Å². The quantitative estimate of drug-likeness (QED) is 0.322. The second kappa shape index (κ2) is 13.2. The summed E-state index contributed by atoms with van der Waals surface area (Å²) >= 11 is 18.0. The van der Waals surface area contributed by atoms with Crippen LogP contribution in [-0.2, 0) is 37.9 Å². The number of hydrogen-bond acceptors (Lipinski definition) is 5. The van der Waals surface area contributed by atoms with Gasteiger partial charge in [-0.15, -0.1) is 0 Å². The largest absolute Gasteiger partial charge is 0.351 e. The Kier molecular flexibility index (Phi) is 10.2. The van der Waals surface area contributed by atoms with Gasteiger partial charge in [-0.3, -0.25) is 4.79 Å². The third-order valence-corrected chi connectivity index (χ3v) is 11.2. The Balaban J connectivity index is 1.46. The van der Waals surface area contributed by atoms with Gasteiger partial charge in [0, 0.05) is 31.2 Å². The third-order valence-electron chi connectivity index (χ3n) is 6.48. The Hall–Kier alpha value is -2.18. The fourth-order valence-corrected chi connectivity index (χ4v) is 7.62. The summed E-state index contributed by atoms with van der Waals surface area (Å²) in [5.41, 5.74) is 1.22. The number of carbonyl (C=O) groups is 1. The molecule has 0 aliphatic carbocycles. The molecule has 8 nitrogen and oxygen atoms in total. The lowest BCUT2D eigenvalue weighted by Crippen LogP contribution is -2.40. The van der Waals surface area contributed by atoms with Crippen molar-refractivity contribution in [1.82, 2.24) is 13.9 Å². The minimum atomic E-state index is -4.08. The lowest BCUT2D eigenvalue weighted by atomic mass is 10.2. The van der Waals surface area contributed by atoms with Crippen LogP contribution >= 0.6 is 34.8 Å². The van der Waals surface area contributed by atoms with E-state index in [-0.39, 0.29) is 27.9 Å². The van der Waals surface area contributed by atoms with Gasteiger partial charge in [-0.2, -0.15) is 8.61 Å². The SMILES string of the molecule is O=C(CN(Cc1ccc(Cl)c(Cl)c1)S(=O)(=O)c1ccc(Cl)cc1)NCc1ccc(S(=O)(=O)N2CCCCC2)cc1. The molecule has 13 heteroatoms. The minimum absolute atomic E-state index is 0.0183. The molecule has 1 aliphatic heterocycles. The molecular formula is C27H28Cl3N3O5S2. The number of nitrogens with one attached hydrogen (secondary N) is 1. The van der Waals surface area contributed by atoms with Crippen molar-refractivity contribution in [3.63, 3.8) is 0 Å². The normalized spacial score (nSPS) is 14.8. The number of amides is 1. The maximum absolute atomic E-state index is 13.5. The van der Waals surface area contributed by atoms with E-state index in [4.69, 9.17) is 34.8 Å². The van der Waals surface area contributed by atoms with Crippen molar-refractivity contribution in [3.05, 3.63) is 92.9 Å². The molecule has 0 aromatic heterocycles. The zero-order valence-electron chi connectivity index (χ0n) is 21.4. The molecule has 0 atom stereocenters. The van der Waals surface area contributed by atoms with E-state index in [0.29, 0.717) is 34.3 Å². The first-order chi connectivity index (χ1) is 19.0. The molecule has 1 fully saturated rings. The number of hydrogen-bond donors (Lipinski definition) is 1. The molecule has 40 heavy (non-hydrogen) atoms. The predicted molar refractivity (Wildman–Crippen MR) is 156 cm³/mol. The fraction of sp³-hybridized carbons (Fsp3) is 0.296. The van der Waals surface area contributed by atoms with Crippen molar-refractivity contribution in [3.8, 4) is 0 Å². The third kappa shape index (κ3) is 7.55. The highest BCUT2D eigenvalue weighted by Gasteiger charge is 2.28. The second-order valence-electron chi connectivity index (χ2n) is 9.36. The van der Waals surface area contributed by atoms with Gasteiger partial charge < -0.3 is 5.32 Å². The zero-order valence-corrected chi connectivity index (χ0v) is 25.3. The molecule has 4 rings (SSSR count). The number of halogens is 3. The number of carbonyl (C=O) groups excluding carboxylic acids is 1. The van der Waals surface area contributed by atoms with Gasteiger partial charge in [0.05, 0.1) is 26.4 Å². The molecule has 0 bridgehead atoms. The summed E-state index contributed by atoms with van der Waals surface area (Å²) in [4.78, 5) is 13.1. The number of nitrogens with zero attached hydrogens (tertiary/aromatic N) is 2. The molecule has 0 saturated carbocycles. The Labute approximate surface area is 249 Å². The van der Waals surface area contributed by atoms with Crippen LogP contribution < -0.4 is 5.32 Å². The molecule has 0 radical (unpaired) electrons. The minimum Gasteiger partial charge on any atom is -0.351 e. The molecule has 1 aliphatic rings. The Bertz CT molecular complexity index is 1560. The maximum Gasteiger partial charge on any atom is 0.243 e. The molecule has 0 unspecified atom stereocenters. The lowest BCUT2D eigenvalue weighted by Gasteiger charge is -2.25.